The number of carbonyl (C=O) groups is 2. The maximum atomic E-state index is 12.8. The van der Waals surface area contributed by atoms with Crippen molar-refractivity contribution in [3.8, 4) is 0 Å². The number of aromatic nitrogens is 1. The van der Waals surface area contributed by atoms with Gasteiger partial charge in [0.25, 0.3) is 0 Å². The lowest BCUT2D eigenvalue weighted by atomic mass is 10.1. The first kappa shape index (κ1) is 19.7. The number of rotatable bonds is 2. The van der Waals surface area contributed by atoms with Crippen LogP contribution < -0.4 is 10.6 Å². The fraction of sp³-hybridized carbons (Fsp3) is 0.214. The highest BCUT2D eigenvalue weighted by Gasteiger charge is 2.37. The van der Waals surface area contributed by atoms with Gasteiger partial charge in [0.1, 0.15) is 0 Å². The molecule has 1 aromatic carbocycles. The van der Waals surface area contributed by atoms with Crippen LogP contribution in [0.15, 0.2) is 23.6 Å². The number of nitrogens with zero attached hydrogens (tertiary/aromatic N) is 1. The molecule has 2 rings (SSSR count). The van der Waals surface area contributed by atoms with Crippen molar-refractivity contribution >= 4 is 34.0 Å². The van der Waals surface area contributed by atoms with Crippen LogP contribution in [0.4, 0.5) is 37.2 Å². The molecule has 1 heterocycles. The van der Waals surface area contributed by atoms with Crippen LogP contribution in [-0.4, -0.2) is 16.8 Å². The van der Waals surface area contributed by atoms with Crippen molar-refractivity contribution in [1.82, 2.24) is 4.98 Å². The molecule has 12 heteroatoms. The zero-order valence-corrected chi connectivity index (χ0v) is 13.6. The van der Waals surface area contributed by atoms with Gasteiger partial charge in [0.05, 0.1) is 16.8 Å². The molecule has 0 saturated carbocycles. The lowest BCUT2D eigenvalue weighted by molar-refractivity contribution is -0.143. The molecule has 2 N–H and O–H groups in total. The van der Waals surface area contributed by atoms with E-state index in [1.54, 1.807) is 17.6 Å². The molecule has 0 radical (unpaired) electrons. The molecular weight excluding hydrogens is 388 g/mol. The second kappa shape index (κ2) is 6.94. The van der Waals surface area contributed by atoms with Gasteiger partial charge < -0.3 is 5.32 Å². The fourth-order valence-corrected chi connectivity index (χ4v) is 2.46. The van der Waals surface area contributed by atoms with Crippen LogP contribution >= 0.6 is 11.3 Å². The first-order chi connectivity index (χ1) is 11.9. The molecule has 0 atom stereocenters. The van der Waals surface area contributed by atoms with Gasteiger partial charge in [-0.3, -0.25) is 14.9 Å². The minimum atomic E-state index is -5.07. The molecule has 0 spiro atoms. The molecule has 0 fully saturated rings. The summed E-state index contributed by atoms with van der Waals surface area (Å²) >= 11 is 0.993. The summed E-state index contributed by atoms with van der Waals surface area (Å²) in [6, 6.07) is 0.510. The summed E-state index contributed by atoms with van der Waals surface area (Å²) in [7, 11) is 0. The van der Waals surface area contributed by atoms with Gasteiger partial charge in [0.15, 0.2) is 5.13 Å². The number of benzene rings is 1. The van der Waals surface area contributed by atoms with Gasteiger partial charge in [-0.05, 0) is 25.1 Å². The molecule has 0 aliphatic carbocycles. The third kappa shape index (κ3) is 4.94. The summed E-state index contributed by atoms with van der Waals surface area (Å²) in [6.45, 7) is 1.62. The summed E-state index contributed by atoms with van der Waals surface area (Å²) in [6.07, 6.45) is -10.1. The van der Waals surface area contributed by atoms with E-state index < -0.39 is 41.0 Å². The van der Waals surface area contributed by atoms with Gasteiger partial charge in [-0.2, -0.15) is 26.3 Å². The summed E-state index contributed by atoms with van der Waals surface area (Å²) in [5.41, 5.74) is -3.49. The van der Waals surface area contributed by atoms with Crippen LogP contribution in [-0.2, 0) is 21.9 Å². The molecule has 0 saturated heterocycles. The Morgan fingerprint density at radius 3 is 1.85 bits per heavy atom. The Kier molecular flexibility index (Phi) is 5.26. The Balaban J connectivity index is 2.24. The quantitative estimate of drug-likeness (QED) is 0.593. The van der Waals surface area contributed by atoms with Crippen molar-refractivity contribution < 1.29 is 35.9 Å². The van der Waals surface area contributed by atoms with E-state index in [1.165, 1.54) is 0 Å². The van der Waals surface area contributed by atoms with Crippen molar-refractivity contribution in [2.75, 3.05) is 10.6 Å². The minimum absolute atomic E-state index is 0.0580. The number of nitrogens with one attached hydrogen (secondary N) is 2. The molecule has 0 unspecified atom stereocenters. The van der Waals surface area contributed by atoms with E-state index in [2.05, 4.69) is 10.3 Å². The maximum absolute atomic E-state index is 12.8. The second-order valence-corrected chi connectivity index (χ2v) is 5.85. The number of amides is 2. The Morgan fingerprint density at radius 2 is 1.42 bits per heavy atom. The smallest absolute Gasteiger partial charge is 0.318 e. The Hall–Kier alpha value is -2.63. The molecule has 2 aromatic rings. The third-order valence-electron chi connectivity index (χ3n) is 2.89. The van der Waals surface area contributed by atoms with E-state index >= 15 is 0 Å². The number of thiazole rings is 1. The molecule has 1 aromatic heterocycles. The van der Waals surface area contributed by atoms with Crippen LogP contribution in [0.1, 0.15) is 16.8 Å². The van der Waals surface area contributed by atoms with Gasteiger partial charge in [-0.1, -0.05) is 0 Å². The van der Waals surface area contributed by atoms with E-state index in [1.807, 2.05) is 0 Å². The monoisotopic (exact) mass is 397 g/mol. The van der Waals surface area contributed by atoms with Crippen LogP contribution in [0.3, 0.4) is 0 Å². The van der Waals surface area contributed by atoms with Gasteiger partial charge >= 0.3 is 24.2 Å². The third-order valence-corrected chi connectivity index (χ3v) is 3.77. The Labute approximate surface area is 146 Å². The highest BCUT2D eigenvalue weighted by atomic mass is 32.1. The van der Waals surface area contributed by atoms with Gasteiger partial charge in [-0.15, -0.1) is 11.3 Å². The molecule has 5 nitrogen and oxygen atoms in total. The van der Waals surface area contributed by atoms with Crippen LogP contribution in [0, 0.1) is 6.92 Å². The van der Waals surface area contributed by atoms with Gasteiger partial charge in [0.2, 0.25) is 0 Å². The highest BCUT2D eigenvalue weighted by Crippen LogP contribution is 2.37. The first-order valence-corrected chi connectivity index (χ1v) is 7.58. The number of carbonyl (C=O) groups excluding carboxylic acids is 2. The lowest BCUT2D eigenvalue weighted by Gasteiger charge is -2.14. The van der Waals surface area contributed by atoms with Crippen LogP contribution in [0.5, 0.6) is 0 Å². The molecule has 26 heavy (non-hydrogen) atoms. The maximum Gasteiger partial charge on any atom is 0.416 e. The average molecular weight is 397 g/mol. The number of aryl methyl sites for hydroxylation is 1. The Bertz CT molecular complexity index is 812. The van der Waals surface area contributed by atoms with Gasteiger partial charge in [-0.25, -0.2) is 4.98 Å². The zero-order valence-electron chi connectivity index (χ0n) is 12.7. The number of anilines is 2. The van der Waals surface area contributed by atoms with E-state index in [-0.39, 0.29) is 11.2 Å². The molecular formula is C14H9F6N3O2S. The Morgan fingerprint density at radius 1 is 0.923 bits per heavy atom. The summed E-state index contributed by atoms with van der Waals surface area (Å²) in [5, 5.41) is 5.43. The summed E-state index contributed by atoms with van der Waals surface area (Å²) < 4.78 is 76.5. The topological polar surface area (TPSA) is 71.1 Å². The van der Waals surface area contributed by atoms with Gasteiger partial charge in [0, 0.05) is 11.1 Å². The summed E-state index contributed by atoms with van der Waals surface area (Å²) in [5.74, 6) is -2.73. The van der Waals surface area contributed by atoms with Crippen molar-refractivity contribution in [2.24, 2.45) is 0 Å². The second-order valence-electron chi connectivity index (χ2n) is 5.00. The first-order valence-electron chi connectivity index (χ1n) is 6.70. The largest absolute Gasteiger partial charge is 0.416 e. The van der Waals surface area contributed by atoms with E-state index in [4.69, 9.17) is 0 Å². The van der Waals surface area contributed by atoms with Crippen molar-refractivity contribution in [1.29, 1.82) is 0 Å². The summed E-state index contributed by atoms with van der Waals surface area (Å²) in [4.78, 5) is 27.3. The average Bonchev–Trinajstić information content (AvgIpc) is 2.90. The number of hydrogen-bond donors (Lipinski definition) is 2. The molecule has 0 aliphatic heterocycles. The van der Waals surface area contributed by atoms with E-state index in [0.29, 0.717) is 17.8 Å². The molecule has 2 amide bonds. The van der Waals surface area contributed by atoms with Crippen LogP contribution in [0.2, 0.25) is 0 Å². The SMILES string of the molecule is Cc1csc(NC(=O)C(=O)Nc2cc(C(F)(F)F)cc(C(F)(F)F)c2)n1. The van der Waals surface area contributed by atoms with E-state index in [9.17, 15) is 35.9 Å². The van der Waals surface area contributed by atoms with Crippen LogP contribution in [0.25, 0.3) is 0 Å². The van der Waals surface area contributed by atoms with Crippen molar-refractivity contribution in [3.63, 3.8) is 0 Å². The predicted octanol–water partition coefficient (Wildman–Crippen LogP) is 4.07. The van der Waals surface area contributed by atoms with E-state index in [0.717, 1.165) is 11.3 Å². The lowest BCUT2D eigenvalue weighted by Crippen LogP contribution is -2.29. The molecule has 140 valence electrons. The number of halogens is 6. The normalized spacial score (nSPS) is 12.0. The zero-order chi connectivity index (χ0) is 19.7. The van der Waals surface area contributed by atoms with Crippen molar-refractivity contribution in [2.45, 2.75) is 19.3 Å². The molecule has 0 aliphatic rings. The number of hydrogen-bond acceptors (Lipinski definition) is 4. The highest BCUT2D eigenvalue weighted by molar-refractivity contribution is 7.14. The predicted molar refractivity (Wildman–Crippen MR) is 80.6 cm³/mol. The minimum Gasteiger partial charge on any atom is -0.318 e. The van der Waals surface area contributed by atoms with Crippen molar-refractivity contribution in [3.05, 3.63) is 40.4 Å². The molecule has 0 bridgehead atoms. The standard InChI is InChI=1S/C14H9F6N3O2S/c1-6-5-26-12(21-6)23-11(25)10(24)22-9-3-7(13(15,16)17)2-8(4-9)14(18,19)20/h2-5H,1H3,(H,22,24)(H,21,23,25). The number of alkyl halides is 6. The fourth-order valence-electron chi connectivity index (χ4n) is 1.78.